The Morgan fingerprint density at radius 3 is 2.47 bits per heavy atom. The Balaban J connectivity index is 0.00000256. The molecule has 0 amide bonds. The van der Waals surface area contributed by atoms with Gasteiger partial charge in [0.15, 0.2) is 0 Å². The van der Waals surface area contributed by atoms with Crippen LogP contribution < -0.4 is 11.2 Å². The minimum Gasteiger partial charge on any atom is -0.369 e. The quantitative estimate of drug-likeness (QED) is 0.500. The van der Waals surface area contributed by atoms with Crippen LogP contribution in [0.3, 0.4) is 0 Å². The van der Waals surface area contributed by atoms with Gasteiger partial charge in [-0.2, -0.15) is 5.10 Å². The Morgan fingerprint density at radius 1 is 1.29 bits per heavy atom. The van der Waals surface area contributed by atoms with E-state index in [2.05, 4.69) is 15.5 Å². The van der Waals surface area contributed by atoms with E-state index in [0.29, 0.717) is 10.0 Å². The molecule has 0 spiro atoms. The normalized spacial score (nSPS) is 12.0. The first kappa shape index (κ1) is 16.0. The smallest absolute Gasteiger partial charge is 0.209 e. The molecule has 0 aliphatic heterocycles. The molecule has 0 heterocycles. The van der Waals surface area contributed by atoms with Gasteiger partial charge in [0.05, 0.1) is 15.8 Å². The number of halogens is 3. The number of rotatable bonds is 2. The molecule has 0 radical (unpaired) electrons. The fourth-order valence-electron chi connectivity index (χ4n) is 0.977. The highest BCUT2D eigenvalue weighted by molar-refractivity contribution is 6.42. The van der Waals surface area contributed by atoms with E-state index in [0.717, 1.165) is 11.3 Å². The molecule has 0 bridgehead atoms. The summed E-state index contributed by atoms with van der Waals surface area (Å²) in [6.07, 6.45) is 0. The van der Waals surface area contributed by atoms with Gasteiger partial charge in [-0.3, -0.25) is 4.99 Å². The molecule has 4 nitrogen and oxygen atoms in total. The molecule has 17 heavy (non-hydrogen) atoms. The minimum absolute atomic E-state index is 0. The molecule has 3 N–H and O–H groups in total. The standard InChI is InChI=1S/C10H12Cl2N4.ClH/c1-6(15-16-10(13)14-2)7-3-4-8(11)9(12)5-7;/h3-5H,1-2H3,(H3,13,14,16);1H/b15-6+;. The number of aliphatic imine (C=N–C) groups is 1. The van der Waals surface area contributed by atoms with Crippen molar-refractivity contribution in [1.29, 1.82) is 0 Å². The molecule has 0 saturated heterocycles. The number of nitrogens with zero attached hydrogens (tertiary/aromatic N) is 2. The van der Waals surface area contributed by atoms with Crippen molar-refractivity contribution in [3.8, 4) is 0 Å². The molecule has 1 aromatic carbocycles. The molecule has 0 fully saturated rings. The topological polar surface area (TPSA) is 62.8 Å². The van der Waals surface area contributed by atoms with Crippen molar-refractivity contribution >= 4 is 47.3 Å². The maximum Gasteiger partial charge on any atom is 0.209 e. The van der Waals surface area contributed by atoms with E-state index in [9.17, 15) is 0 Å². The molecule has 0 aliphatic carbocycles. The van der Waals surface area contributed by atoms with E-state index < -0.39 is 0 Å². The lowest BCUT2D eigenvalue weighted by Crippen LogP contribution is -2.27. The fourth-order valence-corrected chi connectivity index (χ4v) is 1.27. The SMILES string of the molecule is CN=C(N)N/N=C(\C)c1ccc(Cl)c(Cl)c1.Cl. The number of nitrogens with one attached hydrogen (secondary N) is 1. The maximum absolute atomic E-state index is 5.89. The van der Waals surface area contributed by atoms with E-state index >= 15 is 0 Å². The van der Waals surface area contributed by atoms with Gasteiger partial charge in [0, 0.05) is 7.05 Å². The van der Waals surface area contributed by atoms with Gasteiger partial charge in [0.25, 0.3) is 0 Å². The molecule has 0 saturated carbocycles. The number of benzene rings is 1. The van der Waals surface area contributed by atoms with Crippen LogP contribution in [0.25, 0.3) is 0 Å². The van der Waals surface area contributed by atoms with Crippen LogP contribution in [0.2, 0.25) is 10.0 Å². The molecule has 0 atom stereocenters. The Labute approximate surface area is 116 Å². The lowest BCUT2D eigenvalue weighted by atomic mass is 10.1. The molecule has 0 aromatic heterocycles. The molecule has 0 aliphatic rings. The summed E-state index contributed by atoms with van der Waals surface area (Å²) in [7, 11) is 1.58. The van der Waals surface area contributed by atoms with Crippen molar-refractivity contribution in [3.05, 3.63) is 33.8 Å². The predicted octanol–water partition coefficient (Wildman–Crippen LogP) is 2.67. The van der Waals surface area contributed by atoms with Gasteiger partial charge < -0.3 is 5.73 Å². The zero-order valence-electron chi connectivity index (χ0n) is 9.37. The second-order valence-corrected chi connectivity index (χ2v) is 3.86. The zero-order chi connectivity index (χ0) is 12.1. The number of hydrazone groups is 1. The third kappa shape index (κ3) is 4.81. The van der Waals surface area contributed by atoms with Gasteiger partial charge in [-0.15, -0.1) is 12.4 Å². The number of nitrogens with two attached hydrogens (primary N) is 1. The summed E-state index contributed by atoms with van der Waals surface area (Å²) < 4.78 is 0. The molecular formula is C10H13Cl3N4. The van der Waals surface area contributed by atoms with Crippen LogP contribution in [-0.2, 0) is 0 Å². The lowest BCUT2D eigenvalue weighted by Gasteiger charge is -2.03. The first-order chi connectivity index (χ1) is 7.54. The molecule has 94 valence electrons. The van der Waals surface area contributed by atoms with E-state index in [4.69, 9.17) is 28.9 Å². The summed E-state index contributed by atoms with van der Waals surface area (Å²) in [5.41, 5.74) is 9.65. The number of guanidine groups is 1. The average molecular weight is 296 g/mol. The fraction of sp³-hybridized carbons (Fsp3) is 0.200. The predicted molar refractivity (Wildman–Crippen MR) is 76.6 cm³/mol. The highest BCUT2D eigenvalue weighted by Gasteiger charge is 2.02. The van der Waals surface area contributed by atoms with Gasteiger partial charge in [0.1, 0.15) is 0 Å². The first-order valence-corrected chi connectivity index (χ1v) is 5.28. The highest BCUT2D eigenvalue weighted by atomic mass is 35.5. The van der Waals surface area contributed by atoms with E-state index in [1.807, 2.05) is 13.0 Å². The third-order valence-electron chi connectivity index (χ3n) is 1.92. The molecule has 0 unspecified atom stereocenters. The van der Waals surface area contributed by atoms with Crippen LogP contribution in [0.5, 0.6) is 0 Å². The Kier molecular flexibility index (Phi) is 6.95. The van der Waals surface area contributed by atoms with Crippen molar-refractivity contribution in [3.63, 3.8) is 0 Å². The zero-order valence-corrected chi connectivity index (χ0v) is 11.7. The number of hydrogen-bond acceptors (Lipinski definition) is 2. The second kappa shape index (κ2) is 7.37. The van der Waals surface area contributed by atoms with Gasteiger partial charge in [-0.25, -0.2) is 5.43 Å². The third-order valence-corrected chi connectivity index (χ3v) is 2.66. The van der Waals surface area contributed by atoms with E-state index in [1.54, 1.807) is 19.2 Å². The molecule has 1 aromatic rings. The van der Waals surface area contributed by atoms with Crippen molar-refractivity contribution in [2.24, 2.45) is 15.8 Å². The van der Waals surface area contributed by atoms with Crippen LogP contribution in [0, 0.1) is 0 Å². The van der Waals surface area contributed by atoms with Gasteiger partial charge in [0.2, 0.25) is 5.96 Å². The van der Waals surface area contributed by atoms with Crippen molar-refractivity contribution < 1.29 is 0 Å². The summed E-state index contributed by atoms with van der Waals surface area (Å²) in [5.74, 6) is 0.249. The Bertz CT molecular complexity index is 443. The van der Waals surface area contributed by atoms with Crippen molar-refractivity contribution in [2.75, 3.05) is 7.05 Å². The molecule has 1 rings (SSSR count). The summed E-state index contributed by atoms with van der Waals surface area (Å²) in [5, 5.41) is 5.05. The van der Waals surface area contributed by atoms with Crippen LogP contribution in [-0.4, -0.2) is 18.7 Å². The summed E-state index contributed by atoms with van der Waals surface area (Å²) >= 11 is 11.7. The van der Waals surface area contributed by atoms with Crippen LogP contribution in [0.4, 0.5) is 0 Å². The summed E-state index contributed by atoms with van der Waals surface area (Å²) in [6.45, 7) is 1.83. The van der Waals surface area contributed by atoms with Crippen molar-refractivity contribution in [1.82, 2.24) is 5.43 Å². The second-order valence-electron chi connectivity index (χ2n) is 3.05. The molecule has 7 heteroatoms. The maximum atomic E-state index is 5.89. The van der Waals surface area contributed by atoms with Gasteiger partial charge >= 0.3 is 0 Å². The van der Waals surface area contributed by atoms with Gasteiger partial charge in [-0.05, 0) is 24.6 Å². The van der Waals surface area contributed by atoms with E-state index in [1.165, 1.54) is 0 Å². The van der Waals surface area contributed by atoms with Crippen molar-refractivity contribution in [2.45, 2.75) is 6.92 Å². The Hall–Kier alpha value is -0.970. The first-order valence-electron chi connectivity index (χ1n) is 4.52. The highest BCUT2D eigenvalue weighted by Crippen LogP contribution is 2.22. The van der Waals surface area contributed by atoms with Crippen LogP contribution >= 0.6 is 35.6 Å². The monoisotopic (exact) mass is 294 g/mol. The average Bonchev–Trinajstić information content (AvgIpc) is 2.29. The molecular weight excluding hydrogens is 282 g/mol. The minimum atomic E-state index is 0. The Morgan fingerprint density at radius 2 is 1.94 bits per heavy atom. The lowest BCUT2D eigenvalue weighted by molar-refractivity contribution is 0.997. The van der Waals surface area contributed by atoms with Crippen LogP contribution in [0.15, 0.2) is 28.3 Å². The van der Waals surface area contributed by atoms with Crippen LogP contribution in [0.1, 0.15) is 12.5 Å². The van der Waals surface area contributed by atoms with E-state index in [-0.39, 0.29) is 18.4 Å². The summed E-state index contributed by atoms with van der Waals surface area (Å²) in [4.78, 5) is 3.71. The largest absolute Gasteiger partial charge is 0.369 e. The summed E-state index contributed by atoms with van der Waals surface area (Å²) in [6, 6.07) is 5.28. The van der Waals surface area contributed by atoms with Gasteiger partial charge in [-0.1, -0.05) is 29.3 Å². The number of hydrogen-bond donors (Lipinski definition) is 2.